The second kappa shape index (κ2) is 4.50. The highest BCUT2D eigenvalue weighted by Crippen LogP contribution is 2.31. The lowest BCUT2D eigenvalue weighted by molar-refractivity contribution is -0.137. The number of alkyl halides is 3. The van der Waals surface area contributed by atoms with E-state index in [0.717, 1.165) is 25.0 Å². The number of guanidine groups is 1. The molecule has 0 aromatic heterocycles. The zero-order chi connectivity index (χ0) is 14.3. The molecule has 1 heterocycles. The van der Waals surface area contributed by atoms with Gasteiger partial charge in [-0.25, -0.2) is 4.99 Å². The number of hydrogen-bond acceptors (Lipinski definition) is 3. The number of rotatable bonds is 2. The van der Waals surface area contributed by atoms with Crippen LogP contribution in [-0.4, -0.2) is 17.9 Å². The number of hydrogen-bond donors (Lipinski definition) is 2. The van der Waals surface area contributed by atoms with Crippen LogP contribution in [0.4, 0.5) is 13.2 Å². The van der Waals surface area contributed by atoms with Crippen molar-refractivity contribution in [3.63, 3.8) is 0 Å². The van der Waals surface area contributed by atoms with E-state index in [4.69, 9.17) is 0 Å². The molecule has 106 valence electrons. The van der Waals surface area contributed by atoms with E-state index in [9.17, 15) is 18.0 Å². The van der Waals surface area contributed by atoms with Gasteiger partial charge in [0.15, 0.2) is 12.0 Å². The van der Waals surface area contributed by atoms with Crippen LogP contribution in [0.2, 0.25) is 0 Å². The fourth-order valence-electron chi connectivity index (χ4n) is 1.98. The summed E-state index contributed by atoms with van der Waals surface area (Å²) < 4.78 is 37.4. The average Bonchev–Trinajstić information content (AvgIpc) is 3.11. The third kappa shape index (κ3) is 2.61. The number of benzene rings is 1. The van der Waals surface area contributed by atoms with Crippen molar-refractivity contribution < 1.29 is 18.0 Å². The molecule has 1 unspecified atom stereocenters. The number of carbonyl (C=O) groups is 1. The molecule has 1 aromatic rings. The molecule has 1 saturated carbocycles. The molecule has 0 bridgehead atoms. The number of nitrogens with zero attached hydrogens (tertiary/aromatic N) is 1. The first-order valence-electron chi connectivity index (χ1n) is 6.26. The van der Waals surface area contributed by atoms with Crippen LogP contribution in [0.5, 0.6) is 0 Å². The molecule has 0 radical (unpaired) electrons. The molecule has 0 saturated heterocycles. The molecule has 1 aliphatic heterocycles. The summed E-state index contributed by atoms with van der Waals surface area (Å²) in [5, 5.41) is 5.65. The quantitative estimate of drug-likeness (QED) is 0.872. The van der Waals surface area contributed by atoms with Crippen molar-refractivity contribution in [2.24, 2.45) is 4.99 Å². The van der Waals surface area contributed by atoms with Gasteiger partial charge < -0.3 is 5.32 Å². The molecule has 3 rings (SSSR count). The molecular weight excluding hydrogens is 271 g/mol. The van der Waals surface area contributed by atoms with Crippen LogP contribution in [0.25, 0.3) is 0 Å². The van der Waals surface area contributed by atoms with Gasteiger partial charge in [-0.15, -0.1) is 0 Å². The third-order valence-electron chi connectivity index (χ3n) is 3.22. The van der Waals surface area contributed by atoms with Crippen LogP contribution in [0.15, 0.2) is 29.3 Å². The molecule has 1 aliphatic carbocycles. The van der Waals surface area contributed by atoms with Gasteiger partial charge >= 0.3 is 6.18 Å². The zero-order valence-electron chi connectivity index (χ0n) is 10.4. The van der Waals surface area contributed by atoms with Crippen LogP contribution in [-0.2, 0) is 11.0 Å². The van der Waals surface area contributed by atoms with E-state index in [1.165, 1.54) is 12.1 Å². The monoisotopic (exact) mass is 283 g/mol. The van der Waals surface area contributed by atoms with E-state index in [2.05, 4.69) is 15.6 Å². The van der Waals surface area contributed by atoms with Gasteiger partial charge in [-0.2, -0.15) is 13.2 Å². The molecule has 2 aliphatic rings. The first-order valence-corrected chi connectivity index (χ1v) is 6.26. The lowest BCUT2D eigenvalue weighted by atomic mass is 10.1. The maximum atomic E-state index is 12.5. The first-order chi connectivity index (χ1) is 9.43. The van der Waals surface area contributed by atoms with Gasteiger partial charge in [0.2, 0.25) is 0 Å². The number of halogens is 3. The van der Waals surface area contributed by atoms with Crippen LogP contribution in [0.1, 0.15) is 30.0 Å². The highest BCUT2D eigenvalue weighted by Gasteiger charge is 2.33. The Balaban J connectivity index is 1.78. The van der Waals surface area contributed by atoms with Gasteiger partial charge in [-0.05, 0) is 30.5 Å². The van der Waals surface area contributed by atoms with Gasteiger partial charge in [0.1, 0.15) is 0 Å². The number of amides is 1. The van der Waals surface area contributed by atoms with Crippen LogP contribution in [0.3, 0.4) is 0 Å². The molecule has 2 N–H and O–H groups in total. The largest absolute Gasteiger partial charge is 0.416 e. The van der Waals surface area contributed by atoms with E-state index in [0.29, 0.717) is 17.6 Å². The lowest BCUT2D eigenvalue weighted by Crippen LogP contribution is -2.37. The Kier molecular flexibility index (Phi) is 2.92. The third-order valence-corrected chi connectivity index (χ3v) is 3.22. The smallest absolute Gasteiger partial charge is 0.353 e. The summed E-state index contributed by atoms with van der Waals surface area (Å²) in [4.78, 5) is 16.0. The molecule has 0 spiro atoms. The molecule has 20 heavy (non-hydrogen) atoms. The summed E-state index contributed by atoms with van der Waals surface area (Å²) in [6, 6.07) is 4.07. The van der Waals surface area contributed by atoms with Gasteiger partial charge in [0, 0.05) is 6.04 Å². The highest BCUT2D eigenvalue weighted by atomic mass is 19.4. The van der Waals surface area contributed by atoms with Crippen molar-refractivity contribution in [1.82, 2.24) is 10.6 Å². The maximum absolute atomic E-state index is 12.5. The lowest BCUT2D eigenvalue weighted by Gasteiger charge is -2.09. The number of nitrogens with one attached hydrogen (secondary N) is 2. The van der Waals surface area contributed by atoms with E-state index >= 15 is 0 Å². The number of aliphatic imine (C=N–C) groups is 1. The van der Waals surface area contributed by atoms with Crippen molar-refractivity contribution >= 4 is 11.9 Å². The Morgan fingerprint density at radius 1 is 1.20 bits per heavy atom. The van der Waals surface area contributed by atoms with Crippen molar-refractivity contribution in [3.8, 4) is 0 Å². The predicted molar refractivity (Wildman–Crippen MR) is 65.9 cm³/mol. The minimum Gasteiger partial charge on any atom is -0.353 e. The number of carbonyl (C=O) groups excluding carboxylic acids is 1. The Morgan fingerprint density at radius 2 is 1.85 bits per heavy atom. The first kappa shape index (κ1) is 13.0. The summed E-state index contributed by atoms with van der Waals surface area (Å²) in [6.45, 7) is 0. The van der Waals surface area contributed by atoms with Crippen LogP contribution >= 0.6 is 0 Å². The molecule has 1 aromatic carbocycles. The molecule has 1 fully saturated rings. The summed E-state index contributed by atoms with van der Waals surface area (Å²) >= 11 is 0. The van der Waals surface area contributed by atoms with Gasteiger partial charge in [-0.1, -0.05) is 12.1 Å². The molecule has 4 nitrogen and oxygen atoms in total. The van der Waals surface area contributed by atoms with Crippen LogP contribution < -0.4 is 10.6 Å². The molecule has 1 atom stereocenters. The standard InChI is InChI=1S/C13H12F3N3O/c14-13(15,16)8-3-1-7(2-4-8)10-11(20)19-12(18-10)17-9-5-6-9/h1-4,9-10H,5-6H2,(H2,17,18,19,20). The molecular formula is C13H12F3N3O. The highest BCUT2D eigenvalue weighted by molar-refractivity contribution is 6.05. The summed E-state index contributed by atoms with van der Waals surface area (Å²) in [7, 11) is 0. The van der Waals surface area contributed by atoms with Crippen molar-refractivity contribution in [1.29, 1.82) is 0 Å². The summed E-state index contributed by atoms with van der Waals surface area (Å²) in [5.41, 5.74) is -0.289. The van der Waals surface area contributed by atoms with Gasteiger partial charge in [0.05, 0.1) is 5.56 Å². The SMILES string of the molecule is O=C1NC(NC2CC2)=NC1c1ccc(C(F)(F)F)cc1. The van der Waals surface area contributed by atoms with E-state index in [1.807, 2.05) is 0 Å². The fourth-order valence-corrected chi connectivity index (χ4v) is 1.98. The van der Waals surface area contributed by atoms with Gasteiger partial charge in [-0.3, -0.25) is 10.1 Å². The van der Waals surface area contributed by atoms with Crippen LogP contribution in [0, 0.1) is 0 Å². The minimum absolute atomic E-state index is 0.326. The Morgan fingerprint density at radius 3 is 2.40 bits per heavy atom. The van der Waals surface area contributed by atoms with E-state index in [1.54, 1.807) is 0 Å². The molecule has 1 amide bonds. The summed E-state index contributed by atoms with van der Waals surface area (Å²) in [5.74, 6) is 0.0790. The normalized spacial score (nSPS) is 22.4. The van der Waals surface area contributed by atoms with Crippen molar-refractivity contribution in [2.75, 3.05) is 0 Å². The van der Waals surface area contributed by atoms with E-state index < -0.39 is 17.8 Å². The molecule has 7 heteroatoms. The van der Waals surface area contributed by atoms with Crippen molar-refractivity contribution in [2.45, 2.75) is 31.1 Å². The predicted octanol–water partition coefficient (Wildman–Crippen LogP) is 1.98. The van der Waals surface area contributed by atoms with Gasteiger partial charge in [0.25, 0.3) is 5.91 Å². The van der Waals surface area contributed by atoms with Crippen molar-refractivity contribution in [3.05, 3.63) is 35.4 Å². The fraction of sp³-hybridized carbons (Fsp3) is 0.385. The zero-order valence-corrected chi connectivity index (χ0v) is 10.4. The van der Waals surface area contributed by atoms with E-state index in [-0.39, 0.29) is 5.91 Å². The topological polar surface area (TPSA) is 53.5 Å². The maximum Gasteiger partial charge on any atom is 0.416 e. The second-order valence-electron chi connectivity index (χ2n) is 4.91. The minimum atomic E-state index is -4.38. The average molecular weight is 283 g/mol. The summed E-state index contributed by atoms with van der Waals surface area (Å²) in [6.07, 6.45) is -2.29. The Bertz CT molecular complexity index is 561. The Hall–Kier alpha value is -2.05. The second-order valence-corrected chi connectivity index (χ2v) is 4.91. The Labute approximate surface area is 113 Å².